The van der Waals surface area contributed by atoms with Gasteiger partial charge in [-0.2, -0.15) is 10.4 Å². The molecular weight excluding hydrogens is 644 g/mol. The van der Waals surface area contributed by atoms with Crippen LogP contribution in [0, 0.1) is 24.1 Å². The Kier molecular flexibility index (Phi) is 7.24. The minimum Gasteiger partial charge on any atom is -0.508 e. The molecule has 0 amide bonds. The topological polar surface area (TPSA) is 133 Å². The van der Waals surface area contributed by atoms with Gasteiger partial charge < -0.3 is 10.0 Å². The molecule has 0 aliphatic carbocycles. The summed E-state index contributed by atoms with van der Waals surface area (Å²) in [6, 6.07) is 20.7. The number of aromatic nitrogens is 5. The predicted octanol–water partition coefficient (Wildman–Crippen LogP) is 5.22. The first-order valence-corrected chi connectivity index (χ1v) is 17.3. The third-order valence-electron chi connectivity index (χ3n) is 9.65. The van der Waals surface area contributed by atoms with E-state index in [9.17, 15) is 23.2 Å². The average molecular weight is 675 g/mol. The first-order valence-electron chi connectivity index (χ1n) is 15.8. The fourth-order valence-electron chi connectivity index (χ4n) is 7.11. The number of aryl methyl sites for hydroxylation is 2. The third-order valence-corrected chi connectivity index (χ3v) is 11.4. The molecular formula is C36H31FN8O3S. The van der Waals surface area contributed by atoms with Gasteiger partial charge in [0.2, 0.25) is 0 Å². The molecule has 49 heavy (non-hydrogen) atoms. The molecule has 2 aromatic carbocycles. The van der Waals surface area contributed by atoms with Crippen molar-refractivity contribution in [1.29, 1.82) is 5.26 Å². The van der Waals surface area contributed by atoms with Crippen LogP contribution in [-0.2, 0) is 23.6 Å². The zero-order chi connectivity index (χ0) is 34.0. The van der Waals surface area contributed by atoms with Gasteiger partial charge in [-0.05, 0) is 67.9 Å². The van der Waals surface area contributed by atoms with E-state index in [0.29, 0.717) is 45.6 Å². The maximum atomic E-state index is 14.2. The van der Waals surface area contributed by atoms with E-state index in [2.05, 4.69) is 26.0 Å². The summed E-state index contributed by atoms with van der Waals surface area (Å²) in [4.78, 5) is 13.9. The maximum absolute atomic E-state index is 14.2. The van der Waals surface area contributed by atoms with Crippen LogP contribution >= 0.6 is 0 Å². The van der Waals surface area contributed by atoms with Crippen LogP contribution in [0.25, 0.3) is 33.5 Å². The molecule has 11 nitrogen and oxygen atoms in total. The molecule has 4 aromatic heterocycles. The Bertz CT molecular complexity index is 2390. The number of benzene rings is 2. The SMILES string of the molecule is Cc1ccc(S(=O)(=O)n2c(-c3ccnn3C)cc3c(-c4ccc(N5CC6CC(C5)N6Cc5cc(F)ccc5O)nc4)c(C#N)cnc32)cc1. The number of rotatable bonds is 7. The number of halogens is 1. The van der Waals surface area contributed by atoms with Crippen LogP contribution in [0.15, 0.2) is 90.2 Å². The number of fused-ring (bicyclic) bond motifs is 3. The number of piperazine rings is 1. The van der Waals surface area contributed by atoms with Crippen molar-refractivity contribution in [3.05, 3.63) is 108 Å². The number of hydrogen-bond acceptors (Lipinski definition) is 9. The molecule has 13 heteroatoms. The van der Waals surface area contributed by atoms with Crippen LogP contribution in [-0.4, -0.2) is 67.3 Å². The lowest BCUT2D eigenvalue weighted by Gasteiger charge is -2.56. The number of pyridine rings is 2. The molecule has 2 unspecified atom stereocenters. The first-order chi connectivity index (χ1) is 23.6. The molecule has 6 aromatic rings. The van der Waals surface area contributed by atoms with Crippen LogP contribution in [0.3, 0.4) is 0 Å². The summed E-state index contributed by atoms with van der Waals surface area (Å²) in [5.41, 5.74) is 4.12. The van der Waals surface area contributed by atoms with Gasteiger partial charge in [0.25, 0.3) is 10.0 Å². The molecule has 1 N–H and O–H groups in total. The first kappa shape index (κ1) is 30.7. The van der Waals surface area contributed by atoms with Crippen LogP contribution in [0.5, 0.6) is 5.75 Å². The van der Waals surface area contributed by atoms with Gasteiger partial charge in [0.15, 0.2) is 5.65 Å². The van der Waals surface area contributed by atoms with Crippen LogP contribution in [0.2, 0.25) is 0 Å². The van der Waals surface area contributed by atoms with Crippen LogP contribution < -0.4 is 4.90 Å². The predicted molar refractivity (Wildman–Crippen MR) is 182 cm³/mol. The number of piperidine rings is 1. The second-order valence-corrected chi connectivity index (χ2v) is 14.4. The van der Waals surface area contributed by atoms with E-state index in [4.69, 9.17) is 4.98 Å². The Morgan fingerprint density at radius 2 is 1.76 bits per heavy atom. The highest BCUT2D eigenvalue weighted by atomic mass is 32.2. The number of nitrogens with zero attached hydrogens (tertiary/aromatic N) is 8. The highest BCUT2D eigenvalue weighted by molar-refractivity contribution is 7.90. The summed E-state index contributed by atoms with van der Waals surface area (Å²) in [5.74, 6) is 0.511. The van der Waals surface area contributed by atoms with Crippen molar-refractivity contribution >= 4 is 26.9 Å². The average Bonchev–Trinajstić information content (AvgIpc) is 3.71. The Morgan fingerprint density at radius 3 is 2.43 bits per heavy atom. The van der Waals surface area contributed by atoms with Gasteiger partial charge in [-0.25, -0.2) is 26.7 Å². The van der Waals surface area contributed by atoms with E-state index in [1.54, 1.807) is 60.5 Å². The Balaban J connectivity index is 1.15. The summed E-state index contributed by atoms with van der Waals surface area (Å²) in [7, 11) is -2.37. The summed E-state index contributed by atoms with van der Waals surface area (Å²) in [6.07, 6.45) is 5.74. The second kappa shape index (κ2) is 11.5. The highest BCUT2D eigenvalue weighted by Gasteiger charge is 2.45. The molecule has 2 atom stereocenters. The van der Waals surface area contributed by atoms with Crippen molar-refractivity contribution in [3.8, 4) is 34.3 Å². The molecule has 0 radical (unpaired) electrons. The molecule has 2 bridgehead atoms. The molecule has 7 heterocycles. The smallest absolute Gasteiger partial charge is 0.269 e. The minimum absolute atomic E-state index is 0.0953. The summed E-state index contributed by atoms with van der Waals surface area (Å²) >= 11 is 0. The summed E-state index contributed by atoms with van der Waals surface area (Å²) in [6.45, 7) is 3.84. The molecule has 0 saturated carbocycles. The number of aromatic hydroxyl groups is 1. The van der Waals surface area contributed by atoms with Crippen molar-refractivity contribution in [3.63, 3.8) is 0 Å². The van der Waals surface area contributed by atoms with Gasteiger partial charge in [0.05, 0.1) is 21.8 Å². The number of nitriles is 1. The van der Waals surface area contributed by atoms with Gasteiger partial charge >= 0.3 is 0 Å². The van der Waals surface area contributed by atoms with Crippen molar-refractivity contribution < 1.29 is 17.9 Å². The molecule has 3 saturated heterocycles. The van der Waals surface area contributed by atoms with Crippen LogP contribution in [0.4, 0.5) is 10.2 Å². The zero-order valence-electron chi connectivity index (χ0n) is 26.7. The van der Waals surface area contributed by atoms with Gasteiger partial charge in [0, 0.05) is 79.4 Å². The van der Waals surface area contributed by atoms with E-state index >= 15 is 0 Å². The molecule has 246 valence electrons. The molecule has 3 fully saturated rings. The van der Waals surface area contributed by atoms with Gasteiger partial charge in [-0.15, -0.1) is 0 Å². The molecule has 3 aliphatic rings. The maximum Gasteiger partial charge on any atom is 0.269 e. The minimum atomic E-state index is -4.11. The monoisotopic (exact) mass is 674 g/mol. The molecule has 3 aliphatic heterocycles. The fraction of sp³-hybridized carbons (Fsp3) is 0.222. The van der Waals surface area contributed by atoms with E-state index < -0.39 is 10.0 Å². The molecule has 9 rings (SSSR count). The Morgan fingerprint density at radius 1 is 0.980 bits per heavy atom. The van der Waals surface area contributed by atoms with E-state index in [-0.39, 0.29) is 34.2 Å². The Labute approximate surface area is 282 Å². The van der Waals surface area contributed by atoms with Gasteiger partial charge in [-0.3, -0.25) is 9.58 Å². The van der Waals surface area contributed by atoms with Crippen LogP contribution in [0.1, 0.15) is 23.1 Å². The largest absolute Gasteiger partial charge is 0.508 e. The zero-order valence-corrected chi connectivity index (χ0v) is 27.5. The van der Waals surface area contributed by atoms with E-state index in [1.165, 1.54) is 28.4 Å². The standard InChI is InChI=1S/C36H31FN8O3S/c1-22-3-7-29(8-4-22)49(47,48)45-32(31-11-12-41-42(31)2)15-30-35(25(16-38)18-40-36(30)45)23-5-10-34(39-17-23)43-20-27-14-28(21-43)44(27)19-24-13-26(37)6-9-33(24)46/h3-13,15,17-18,27-28,46H,14,19-21H2,1-2H3. The molecule has 0 spiro atoms. The summed E-state index contributed by atoms with van der Waals surface area (Å²) in [5, 5.41) is 25.2. The highest BCUT2D eigenvalue weighted by Crippen LogP contribution is 2.40. The third kappa shape index (κ3) is 5.11. The fourth-order valence-corrected chi connectivity index (χ4v) is 8.58. The van der Waals surface area contributed by atoms with E-state index in [1.807, 2.05) is 19.1 Å². The van der Waals surface area contributed by atoms with Crippen molar-refractivity contribution in [2.75, 3.05) is 18.0 Å². The number of anilines is 1. The van der Waals surface area contributed by atoms with Crippen molar-refractivity contribution in [1.82, 2.24) is 28.6 Å². The number of phenols is 1. The number of hydrogen-bond donors (Lipinski definition) is 1. The Hall–Kier alpha value is -5.58. The second-order valence-electron chi connectivity index (χ2n) is 12.6. The lowest BCUT2D eigenvalue weighted by molar-refractivity contribution is -0.00921. The van der Waals surface area contributed by atoms with Crippen molar-refractivity contribution in [2.24, 2.45) is 7.05 Å². The van der Waals surface area contributed by atoms with E-state index in [0.717, 1.165) is 30.9 Å². The quantitative estimate of drug-likeness (QED) is 0.242. The van der Waals surface area contributed by atoms with Gasteiger partial charge in [-0.1, -0.05) is 17.7 Å². The van der Waals surface area contributed by atoms with Gasteiger partial charge in [0.1, 0.15) is 23.5 Å². The number of phenolic OH excluding ortho intramolecular Hbond substituents is 1. The van der Waals surface area contributed by atoms with Crippen molar-refractivity contribution in [2.45, 2.75) is 36.9 Å². The summed E-state index contributed by atoms with van der Waals surface area (Å²) < 4.78 is 45.1. The normalized spacial score (nSPS) is 17.6. The lowest BCUT2D eigenvalue weighted by Crippen LogP contribution is -2.68. The lowest BCUT2D eigenvalue weighted by atomic mass is 9.86.